The Labute approximate surface area is 66.8 Å². The van der Waals surface area contributed by atoms with Crippen LogP contribution in [0, 0.1) is 0 Å². The Morgan fingerprint density at radius 1 is 1.64 bits per heavy atom. The molecule has 0 aromatic heterocycles. The van der Waals surface area contributed by atoms with Crippen LogP contribution in [0.1, 0.15) is 20.3 Å². The van der Waals surface area contributed by atoms with Crippen LogP contribution in [0.2, 0.25) is 0 Å². The van der Waals surface area contributed by atoms with Gasteiger partial charge in [-0.15, -0.1) is 0 Å². The lowest BCUT2D eigenvalue weighted by Crippen LogP contribution is -2.44. The Hall–Kier alpha value is -0.390. The van der Waals surface area contributed by atoms with E-state index in [9.17, 15) is 8.42 Å². The molecule has 1 unspecified atom stereocenters. The molecule has 0 fully saturated rings. The molecule has 0 radical (unpaired) electrons. The van der Waals surface area contributed by atoms with Gasteiger partial charge in [-0.25, -0.2) is 0 Å². The van der Waals surface area contributed by atoms with Crippen LogP contribution in [0.15, 0.2) is 12.2 Å². The van der Waals surface area contributed by atoms with Crippen LogP contribution in [0.4, 0.5) is 0 Å². The van der Waals surface area contributed by atoms with Crippen molar-refractivity contribution < 1.29 is 13.0 Å². The minimum Gasteiger partial charge on any atom is -0.307 e. The largest absolute Gasteiger partial charge is 0.307 e. The van der Waals surface area contributed by atoms with Gasteiger partial charge in [0.2, 0.25) is 0 Å². The van der Waals surface area contributed by atoms with E-state index in [0.29, 0.717) is 0 Å². The Morgan fingerprint density at radius 2 is 2.09 bits per heavy atom. The van der Waals surface area contributed by atoms with Gasteiger partial charge in [-0.05, 0) is 13.3 Å². The molecule has 66 valence electrons. The molecule has 11 heavy (non-hydrogen) atoms. The highest BCUT2D eigenvalue weighted by molar-refractivity contribution is 7.87. The predicted molar refractivity (Wildman–Crippen MR) is 43.6 cm³/mol. The van der Waals surface area contributed by atoms with E-state index in [1.54, 1.807) is 13.8 Å². The normalized spacial score (nSPS) is 18.5. The Bertz CT molecular complexity index is 245. The fraction of sp³-hybridized carbons (Fsp3) is 0.667. The second-order valence-electron chi connectivity index (χ2n) is 2.28. The van der Waals surface area contributed by atoms with E-state index in [1.165, 1.54) is 12.2 Å². The van der Waals surface area contributed by atoms with Gasteiger partial charge in [0.05, 0.1) is 0 Å². The molecule has 0 aliphatic rings. The zero-order valence-corrected chi connectivity index (χ0v) is 7.43. The summed E-state index contributed by atoms with van der Waals surface area (Å²) in [5, 5.41) is 0. The number of hydrogen-bond donors (Lipinski definition) is 2. The number of rotatable bonds is 3. The SMILES string of the molecule is CC=CC(N)(CC)S(=O)(=O)O. The highest BCUT2D eigenvalue weighted by Gasteiger charge is 2.33. The first-order chi connectivity index (χ1) is 4.87. The summed E-state index contributed by atoms with van der Waals surface area (Å²) in [5.74, 6) is 0. The fourth-order valence-corrected chi connectivity index (χ4v) is 1.34. The highest BCUT2D eigenvalue weighted by atomic mass is 32.2. The van der Waals surface area contributed by atoms with Crippen molar-refractivity contribution in [2.45, 2.75) is 25.1 Å². The molecule has 0 spiro atoms. The van der Waals surface area contributed by atoms with Crippen LogP contribution in [0.5, 0.6) is 0 Å². The van der Waals surface area contributed by atoms with E-state index in [-0.39, 0.29) is 6.42 Å². The Kier molecular flexibility index (Phi) is 3.22. The quantitative estimate of drug-likeness (QED) is 0.488. The molecule has 0 aromatic carbocycles. The van der Waals surface area contributed by atoms with Crippen LogP contribution in [-0.2, 0) is 10.1 Å². The third kappa shape index (κ3) is 2.28. The topological polar surface area (TPSA) is 80.4 Å². The molecule has 0 aromatic rings. The average molecular weight is 179 g/mol. The van der Waals surface area contributed by atoms with Crippen LogP contribution in [0.25, 0.3) is 0 Å². The molecule has 0 saturated heterocycles. The summed E-state index contributed by atoms with van der Waals surface area (Å²) < 4.78 is 30.0. The smallest absolute Gasteiger partial charge is 0.287 e. The molecule has 5 heteroatoms. The van der Waals surface area contributed by atoms with Crippen molar-refractivity contribution in [2.75, 3.05) is 0 Å². The highest BCUT2D eigenvalue weighted by Crippen LogP contribution is 2.15. The third-order valence-electron chi connectivity index (χ3n) is 1.48. The van der Waals surface area contributed by atoms with E-state index in [2.05, 4.69) is 0 Å². The maximum atomic E-state index is 10.7. The maximum absolute atomic E-state index is 10.7. The number of hydrogen-bond acceptors (Lipinski definition) is 3. The molecule has 0 amide bonds. The first-order valence-electron chi connectivity index (χ1n) is 3.27. The first kappa shape index (κ1) is 10.6. The van der Waals surface area contributed by atoms with Crippen LogP contribution in [0.3, 0.4) is 0 Å². The summed E-state index contributed by atoms with van der Waals surface area (Å²) in [6.07, 6.45) is 2.91. The van der Waals surface area contributed by atoms with Gasteiger partial charge >= 0.3 is 0 Å². The second-order valence-corrected chi connectivity index (χ2v) is 3.99. The van der Waals surface area contributed by atoms with Crippen molar-refractivity contribution in [3.63, 3.8) is 0 Å². The van der Waals surface area contributed by atoms with Gasteiger partial charge in [0.25, 0.3) is 10.1 Å². The first-order valence-corrected chi connectivity index (χ1v) is 4.71. The van der Waals surface area contributed by atoms with Gasteiger partial charge in [0, 0.05) is 0 Å². The minimum absolute atomic E-state index is 0.149. The number of nitrogens with two attached hydrogens (primary N) is 1. The summed E-state index contributed by atoms with van der Waals surface area (Å²) in [4.78, 5) is -1.62. The van der Waals surface area contributed by atoms with Gasteiger partial charge in [0.1, 0.15) is 0 Å². The maximum Gasteiger partial charge on any atom is 0.287 e. The van der Waals surface area contributed by atoms with Crippen molar-refractivity contribution in [3.8, 4) is 0 Å². The van der Waals surface area contributed by atoms with E-state index >= 15 is 0 Å². The molecular weight excluding hydrogens is 166 g/mol. The van der Waals surface area contributed by atoms with Crippen LogP contribution in [-0.4, -0.2) is 17.8 Å². The van der Waals surface area contributed by atoms with Crippen molar-refractivity contribution in [3.05, 3.63) is 12.2 Å². The van der Waals surface area contributed by atoms with Crippen LogP contribution < -0.4 is 5.73 Å². The lowest BCUT2D eigenvalue weighted by atomic mass is 10.2. The van der Waals surface area contributed by atoms with Crippen molar-refractivity contribution in [1.82, 2.24) is 0 Å². The molecule has 0 aliphatic carbocycles. The van der Waals surface area contributed by atoms with E-state index in [1.807, 2.05) is 0 Å². The van der Waals surface area contributed by atoms with E-state index < -0.39 is 15.0 Å². The van der Waals surface area contributed by atoms with Crippen molar-refractivity contribution in [1.29, 1.82) is 0 Å². The third-order valence-corrected chi connectivity index (χ3v) is 2.87. The zero-order chi connectivity index (χ0) is 9.12. The summed E-state index contributed by atoms with van der Waals surface area (Å²) in [7, 11) is -4.19. The monoisotopic (exact) mass is 179 g/mol. The molecule has 0 heterocycles. The summed E-state index contributed by atoms with van der Waals surface area (Å²) in [6.45, 7) is 3.23. The summed E-state index contributed by atoms with van der Waals surface area (Å²) in [6, 6.07) is 0. The fourth-order valence-electron chi connectivity index (χ4n) is 0.668. The Balaban J connectivity index is 4.92. The minimum atomic E-state index is -4.19. The van der Waals surface area contributed by atoms with Gasteiger partial charge in [-0.3, -0.25) is 4.55 Å². The lowest BCUT2D eigenvalue weighted by Gasteiger charge is -2.19. The molecule has 4 nitrogen and oxygen atoms in total. The van der Waals surface area contributed by atoms with Gasteiger partial charge in [-0.1, -0.05) is 19.1 Å². The molecule has 1 atom stereocenters. The second kappa shape index (κ2) is 3.34. The van der Waals surface area contributed by atoms with Crippen LogP contribution >= 0.6 is 0 Å². The Morgan fingerprint density at radius 3 is 2.18 bits per heavy atom. The number of allylic oxidation sites excluding steroid dienone is 1. The molecule has 0 bridgehead atoms. The summed E-state index contributed by atoms with van der Waals surface area (Å²) >= 11 is 0. The van der Waals surface area contributed by atoms with E-state index in [4.69, 9.17) is 10.3 Å². The zero-order valence-electron chi connectivity index (χ0n) is 6.61. The van der Waals surface area contributed by atoms with Gasteiger partial charge in [0.15, 0.2) is 4.87 Å². The molecule has 0 aliphatic heterocycles. The van der Waals surface area contributed by atoms with Crippen molar-refractivity contribution >= 4 is 10.1 Å². The van der Waals surface area contributed by atoms with Gasteiger partial charge < -0.3 is 5.73 Å². The molecule has 3 N–H and O–H groups in total. The molecule has 0 saturated carbocycles. The molecular formula is C6H13NO3S. The van der Waals surface area contributed by atoms with Crippen molar-refractivity contribution in [2.24, 2.45) is 5.73 Å². The van der Waals surface area contributed by atoms with E-state index in [0.717, 1.165) is 0 Å². The average Bonchev–Trinajstić information content (AvgIpc) is 1.86. The molecule has 0 rings (SSSR count). The lowest BCUT2D eigenvalue weighted by molar-refractivity contribution is 0.444. The summed E-state index contributed by atoms with van der Waals surface area (Å²) in [5.41, 5.74) is 5.36. The predicted octanol–water partition coefficient (Wildman–Crippen LogP) is 0.515. The standard InChI is InChI=1S/C6H13NO3S/c1-3-5-6(7,4-2)11(8,9)10/h3,5H,4,7H2,1-2H3,(H,8,9,10). The van der Waals surface area contributed by atoms with Gasteiger partial charge in [-0.2, -0.15) is 8.42 Å².